The lowest BCUT2D eigenvalue weighted by Crippen LogP contribution is -2.34. The van der Waals surface area contributed by atoms with Crippen LogP contribution >= 0.6 is 11.6 Å². The number of carbonyl (C=O) groups is 1. The smallest absolute Gasteiger partial charge is 0.288 e. The van der Waals surface area contributed by atoms with Gasteiger partial charge in [-0.1, -0.05) is 25.4 Å². The maximum Gasteiger partial charge on any atom is 0.288 e. The van der Waals surface area contributed by atoms with Crippen molar-refractivity contribution in [3.63, 3.8) is 0 Å². The normalized spacial score (nSPS) is 10.5. The number of rotatable bonds is 6. The van der Waals surface area contributed by atoms with E-state index in [0.717, 1.165) is 12.3 Å². The number of nitrogens with one attached hydrogen (secondary N) is 2. The molecule has 0 aromatic carbocycles. The summed E-state index contributed by atoms with van der Waals surface area (Å²) in [5.41, 5.74) is -0.268. The number of pyridine rings is 1. The van der Waals surface area contributed by atoms with Crippen LogP contribution < -0.4 is 10.6 Å². The van der Waals surface area contributed by atoms with E-state index in [2.05, 4.69) is 15.6 Å². The van der Waals surface area contributed by atoms with E-state index < -0.39 is 10.8 Å². The van der Waals surface area contributed by atoms with Gasteiger partial charge < -0.3 is 10.6 Å². The average Bonchev–Trinajstić information content (AvgIpc) is 2.34. The Morgan fingerprint density at radius 3 is 2.79 bits per heavy atom. The van der Waals surface area contributed by atoms with Gasteiger partial charge >= 0.3 is 0 Å². The van der Waals surface area contributed by atoms with E-state index in [1.165, 1.54) is 0 Å². The van der Waals surface area contributed by atoms with Crippen LogP contribution in [-0.4, -0.2) is 34.9 Å². The van der Waals surface area contributed by atoms with Crippen LogP contribution in [0.1, 0.15) is 24.2 Å². The summed E-state index contributed by atoms with van der Waals surface area (Å²) in [6.45, 7) is 4.98. The number of nitrogens with zero attached hydrogens (tertiary/aromatic N) is 2. The van der Waals surface area contributed by atoms with Gasteiger partial charge in [0.15, 0.2) is 0 Å². The third-order valence-electron chi connectivity index (χ3n) is 2.24. The molecular formula is C11H15ClN4O3. The first-order valence-corrected chi connectivity index (χ1v) is 6.11. The van der Waals surface area contributed by atoms with Gasteiger partial charge in [-0.05, 0) is 0 Å². The number of amides is 1. The summed E-state index contributed by atoms with van der Waals surface area (Å²) in [5, 5.41) is 16.3. The molecule has 19 heavy (non-hydrogen) atoms. The molecule has 1 heterocycles. The number of aromatic nitrogens is 1. The molecule has 0 aliphatic carbocycles. The highest BCUT2D eigenvalue weighted by Gasteiger charge is 2.16. The summed E-state index contributed by atoms with van der Waals surface area (Å²) in [7, 11) is 0. The molecule has 0 saturated carbocycles. The van der Waals surface area contributed by atoms with Gasteiger partial charge in [0, 0.05) is 25.2 Å². The zero-order chi connectivity index (χ0) is 14.4. The molecule has 1 aromatic heterocycles. The van der Waals surface area contributed by atoms with E-state index in [4.69, 9.17) is 11.6 Å². The molecular weight excluding hydrogens is 272 g/mol. The summed E-state index contributed by atoms with van der Waals surface area (Å²) in [6.07, 6.45) is 1.01. The van der Waals surface area contributed by atoms with E-state index in [0.29, 0.717) is 19.1 Å². The first kappa shape index (κ1) is 15.3. The SMILES string of the molecule is CC(C)NCCNC(=O)c1cc([N+](=O)[O-])cnc1Cl. The van der Waals surface area contributed by atoms with Crippen LogP contribution in [0.3, 0.4) is 0 Å². The van der Waals surface area contributed by atoms with Crippen molar-refractivity contribution in [1.29, 1.82) is 0 Å². The summed E-state index contributed by atoms with van der Waals surface area (Å²) in [6, 6.07) is 1.43. The largest absolute Gasteiger partial charge is 0.351 e. The molecule has 0 aliphatic rings. The van der Waals surface area contributed by atoms with Gasteiger partial charge in [0.2, 0.25) is 0 Å². The van der Waals surface area contributed by atoms with Gasteiger partial charge in [-0.2, -0.15) is 0 Å². The fraction of sp³-hybridized carbons (Fsp3) is 0.455. The van der Waals surface area contributed by atoms with Crippen LogP contribution in [0.15, 0.2) is 12.3 Å². The van der Waals surface area contributed by atoms with Crippen molar-refractivity contribution in [1.82, 2.24) is 15.6 Å². The van der Waals surface area contributed by atoms with Crippen LogP contribution in [0.5, 0.6) is 0 Å². The molecule has 0 saturated heterocycles. The summed E-state index contributed by atoms with van der Waals surface area (Å²) in [5.74, 6) is -0.480. The van der Waals surface area contributed by atoms with Crippen LogP contribution in [0.25, 0.3) is 0 Å². The zero-order valence-electron chi connectivity index (χ0n) is 10.6. The number of hydrogen-bond acceptors (Lipinski definition) is 5. The highest BCUT2D eigenvalue weighted by molar-refractivity contribution is 6.32. The van der Waals surface area contributed by atoms with Crippen LogP contribution in [0.4, 0.5) is 5.69 Å². The Morgan fingerprint density at radius 2 is 2.21 bits per heavy atom. The number of carbonyl (C=O) groups excluding carboxylic acids is 1. The van der Waals surface area contributed by atoms with E-state index in [-0.39, 0.29) is 16.4 Å². The van der Waals surface area contributed by atoms with Crippen LogP contribution in [-0.2, 0) is 0 Å². The fourth-order valence-electron chi connectivity index (χ4n) is 1.33. The Hall–Kier alpha value is -1.73. The number of hydrogen-bond donors (Lipinski definition) is 2. The Labute approximate surface area is 115 Å². The van der Waals surface area contributed by atoms with Crippen molar-refractivity contribution in [3.8, 4) is 0 Å². The molecule has 0 atom stereocenters. The van der Waals surface area contributed by atoms with E-state index in [1.54, 1.807) is 0 Å². The molecule has 1 amide bonds. The van der Waals surface area contributed by atoms with Crippen molar-refractivity contribution in [2.75, 3.05) is 13.1 Å². The van der Waals surface area contributed by atoms with Crippen molar-refractivity contribution in [2.45, 2.75) is 19.9 Å². The van der Waals surface area contributed by atoms with Gasteiger partial charge in [0.25, 0.3) is 11.6 Å². The van der Waals surface area contributed by atoms with Crippen LogP contribution in [0.2, 0.25) is 5.15 Å². The lowest BCUT2D eigenvalue weighted by molar-refractivity contribution is -0.385. The Balaban J connectivity index is 2.66. The molecule has 1 rings (SSSR count). The van der Waals surface area contributed by atoms with Crippen molar-refractivity contribution in [2.24, 2.45) is 0 Å². The van der Waals surface area contributed by atoms with Gasteiger partial charge in [-0.3, -0.25) is 14.9 Å². The minimum atomic E-state index is -0.625. The maximum atomic E-state index is 11.8. The van der Waals surface area contributed by atoms with E-state index >= 15 is 0 Å². The third kappa shape index (κ3) is 4.80. The molecule has 0 aliphatic heterocycles. The number of halogens is 1. The quantitative estimate of drug-likeness (QED) is 0.356. The van der Waals surface area contributed by atoms with Crippen molar-refractivity contribution in [3.05, 3.63) is 33.1 Å². The van der Waals surface area contributed by atoms with Gasteiger partial charge in [-0.25, -0.2) is 4.98 Å². The Morgan fingerprint density at radius 1 is 1.53 bits per heavy atom. The standard InChI is InChI=1S/C11H15ClN4O3/c1-7(2)13-3-4-14-11(17)9-5-8(16(18)19)6-15-10(9)12/h5-7,13H,3-4H2,1-2H3,(H,14,17). The minimum absolute atomic E-state index is 0.000383. The summed E-state index contributed by atoms with van der Waals surface area (Å²) in [4.78, 5) is 25.4. The first-order chi connectivity index (χ1) is 8.91. The molecule has 104 valence electrons. The summed E-state index contributed by atoms with van der Waals surface area (Å²) < 4.78 is 0. The predicted molar refractivity (Wildman–Crippen MR) is 71.4 cm³/mol. The average molecular weight is 287 g/mol. The Kier molecular flexibility index (Phi) is 5.65. The lowest BCUT2D eigenvalue weighted by atomic mass is 10.2. The highest BCUT2D eigenvalue weighted by atomic mass is 35.5. The lowest BCUT2D eigenvalue weighted by Gasteiger charge is -2.09. The third-order valence-corrected chi connectivity index (χ3v) is 2.54. The molecule has 2 N–H and O–H groups in total. The van der Waals surface area contributed by atoms with Crippen molar-refractivity contribution >= 4 is 23.2 Å². The molecule has 7 nitrogen and oxygen atoms in total. The topological polar surface area (TPSA) is 97.2 Å². The maximum absolute atomic E-state index is 11.8. The molecule has 8 heteroatoms. The van der Waals surface area contributed by atoms with Crippen molar-refractivity contribution < 1.29 is 9.72 Å². The molecule has 0 spiro atoms. The second-order valence-electron chi connectivity index (χ2n) is 4.15. The van der Waals surface area contributed by atoms with E-state index in [1.807, 2.05) is 13.8 Å². The number of nitro groups is 1. The van der Waals surface area contributed by atoms with Gasteiger partial charge in [0.1, 0.15) is 11.3 Å². The zero-order valence-corrected chi connectivity index (χ0v) is 11.4. The monoisotopic (exact) mass is 286 g/mol. The molecule has 0 fully saturated rings. The predicted octanol–water partition coefficient (Wildman–Crippen LogP) is 1.37. The van der Waals surface area contributed by atoms with Gasteiger partial charge in [0.05, 0.1) is 10.5 Å². The highest BCUT2D eigenvalue weighted by Crippen LogP contribution is 2.18. The molecule has 0 unspecified atom stereocenters. The second-order valence-corrected chi connectivity index (χ2v) is 4.51. The second kappa shape index (κ2) is 7.01. The molecule has 1 aromatic rings. The van der Waals surface area contributed by atoms with Crippen LogP contribution in [0, 0.1) is 10.1 Å². The molecule has 0 bridgehead atoms. The summed E-state index contributed by atoms with van der Waals surface area (Å²) >= 11 is 5.75. The fourth-order valence-corrected chi connectivity index (χ4v) is 1.52. The first-order valence-electron chi connectivity index (χ1n) is 5.73. The Bertz CT molecular complexity index is 479. The van der Waals surface area contributed by atoms with E-state index in [9.17, 15) is 14.9 Å². The molecule has 0 radical (unpaired) electrons. The minimum Gasteiger partial charge on any atom is -0.351 e. The van der Waals surface area contributed by atoms with Gasteiger partial charge in [-0.15, -0.1) is 0 Å².